The largest absolute Gasteiger partial charge is 0.468 e. The Kier molecular flexibility index (Phi) is 2.38. The van der Waals surface area contributed by atoms with Crippen molar-refractivity contribution in [3.05, 3.63) is 24.2 Å². The van der Waals surface area contributed by atoms with E-state index in [1.807, 2.05) is 6.08 Å². The minimum absolute atomic E-state index is 0.0861. The summed E-state index contributed by atoms with van der Waals surface area (Å²) < 4.78 is 5.33. The number of rotatable bonds is 1. The van der Waals surface area contributed by atoms with E-state index in [2.05, 4.69) is 15.2 Å². The molecular weight excluding hydrogens is 244 g/mol. The van der Waals surface area contributed by atoms with Crippen LogP contribution in [-0.4, -0.2) is 53.9 Å². The van der Waals surface area contributed by atoms with Crippen LogP contribution in [0.2, 0.25) is 0 Å². The first-order valence-corrected chi connectivity index (χ1v) is 6.68. The third-order valence-corrected chi connectivity index (χ3v) is 4.23. The number of amides is 2. The summed E-state index contributed by atoms with van der Waals surface area (Å²) >= 11 is 0. The van der Waals surface area contributed by atoms with Gasteiger partial charge < -0.3 is 15.0 Å². The Morgan fingerprint density at radius 1 is 1.47 bits per heavy atom. The van der Waals surface area contributed by atoms with E-state index in [1.165, 1.54) is 13.0 Å². The van der Waals surface area contributed by atoms with Crippen LogP contribution in [0.3, 0.4) is 0 Å². The molecule has 0 aliphatic carbocycles. The molecule has 1 unspecified atom stereocenters. The van der Waals surface area contributed by atoms with Gasteiger partial charge in [0, 0.05) is 25.3 Å². The molecule has 0 spiro atoms. The van der Waals surface area contributed by atoms with E-state index in [0.29, 0.717) is 18.4 Å². The second-order valence-electron chi connectivity index (χ2n) is 5.40. The van der Waals surface area contributed by atoms with Crippen molar-refractivity contribution < 1.29 is 9.53 Å². The molecule has 0 aromatic carbocycles. The van der Waals surface area contributed by atoms with Crippen molar-refractivity contribution in [3.63, 3.8) is 0 Å². The lowest BCUT2D eigenvalue weighted by Gasteiger charge is -2.26. The van der Waals surface area contributed by atoms with E-state index in [9.17, 15) is 4.79 Å². The molecule has 2 bridgehead atoms. The fraction of sp³-hybridized carbons (Fsp3) is 0.538. The second-order valence-corrected chi connectivity index (χ2v) is 5.40. The molecule has 1 N–H and O–H groups in total. The number of aliphatic imine (C=N–C) groups is 1. The fourth-order valence-electron chi connectivity index (χ4n) is 3.19. The maximum atomic E-state index is 12.2. The Morgan fingerprint density at radius 2 is 2.42 bits per heavy atom. The molecule has 4 rings (SSSR count). The van der Waals surface area contributed by atoms with E-state index < -0.39 is 0 Å². The van der Waals surface area contributed by atoms with E-state index >= 15 is 0 Å². The quantitative estimate of drug-likeness (QED) is 0.747. The average molecular weight is 260 g/mol. The van der Waals surface area contributed by atoms with Crippen molar-refractivity contribution >= 4 is 11.7 Å². The highest BCUT2D eigenvalue weighted by molar-refractivity contribution is 6.09. The highest BCUT2D eigenvalue weighted by Gasteiger charge is 2.39. The number of fused-ring (bicyclic) bond motifs is 3. The molecule has 2 saturated heterocycles. The average Bonchev–Trinajstić information content (AvgIpc) is 3.13. The predicted molar refractivity (Wildman–Crippen MR) is 69.3 cm³/mol. The van der Waals surface area contributed by atoms with Gasteiger partial charge in [0.05, 0.1) is 6.20 Å². The number of carbonyl (C=O) groups excluding carboxylic acids is 1. The molecule has 6 heteroatoms. The number of hydrogen-bond acceptors (Lipinski definition) is 4. The summed E-state index contributed by atoms with van der Waals surface area (Å²) in [5, 5.41) is 3.11. The minimum Gasteiger partial charge on any atom is -0.468 e. The molecule has 4 aliphatic rings. The number of nitrogens with zero attached hydrogens (tertiary/aromatic N) is 3. The van der Waals surface area contributed by atoms with Crippen LogP contribution in [0.4, 0.5) is 4.79 Å². The molecule has 100 valence electrons. The van der Waals surface area contributed by atoms with Gasteiger partial charge >= 0.3 is 6.03 Å². The predicted octanol–water partition coefficient (Wildman–Crippen LogP) is 0.499. The van der Waals surface area contributed by atoms with Gasteiger partial charge in [0.1, 0.15) is 5.71 Å². The summed E-state index contributed by atoms with van der Waals surface area (Å²) in [4.78, 5) is 20.3. The van der Waals surface area contributed by atoms with Gasteiger partial charge in [-0.05, 0) is 25.0 Å². The SMILES string of the molecule is O=C(N[C@@H]1CN2CC[C@H]1C2)N1C=CC2=NCOC2=C1. The summed E-state index contributed by atoms with van der Waals surface area (Å²) in [5.74, 6) is 1.29. The first-order valence-electron chi connectivity index (χ1n) is 6.68. The highest BCUT2D eigenvalue weighted by atomic mass is 16.5. The lowest BCUT2D eigenvalue weighted by molar-refractivity contribution is 0.211. The van der Waals surface area contributed by atoms with Gasteiger partial charge in [-0.15, -0.1) is 0 Å². The number of urea groups is 1. The topological polar surface area (TPSA) is 57.2 Å². The molecule has 2 amide bonds. The van der Waals surface area contributed by atoms with Crippen LogP contribution in [-0.2, 0) is 4.74 Å². The summed E-state index contributed by atoms with van der Waals surface area (Å²) in [6.45, 7) is 3.63. The normalized spacial score (nSPS) is 34.7. The van der Waals surface area contributed by atoms with Crippen molar-refractivity contribution in [1.82, 2.24) is 15.1 Å². The number of hydrogen-bond donors (Lipinski definition) is 1. The fourth-order valence-corrected chi connectivity index (χ4v) is 3.19. The molecule has 0 aromatic rings. The van der Waals surface area contributed by atoms with Crippen molar-refractivity contribution in [2.24, 2.45) is 10.9 Å². The number of piperidine rings is 1. The Labute approximate surface area is 111 Å². The lowest BCUT2D eigenvalue weighted by Crippen LogP contribution is -2.47. The van der Waals surface area contributed by atoms with Gasteiger partial charge in [-0.3, -0.25) is 4.90 Å². The monoisotopic (exact) mass is 260 g/mol. The molecule has 6 nitrogen and oxygen atoms in total. The number of carbonyl (C=O) groups is 1. The molecule has 19 heavy (non-hydrogen) atoms. The Balaban J connectivity index is 1.43. The maximum Gasteiger partial charge on any atom is 0.325 e. The first kappa shape index (κ1) is 11.0. The molecule has 3 atom stereocenters. The third-order valence-electron chi connectivity index (χ3n) is 4.23. The second kappa shape index (κ2) is 4.09. The van der Waals surface area contributed by atoms with Crippen molar-refractivity contribution in [2.75, 3.05) is 26.4 Å². The molecule has 0 radical (unpaired) electrons. The van der Waals surface area contributed by atoms with E-state index in [1.54, 1.807) is 17.3 Å². The van der Waals surface area contributed by atoms with Crippen LogP contribution in [0.1, 0.15) is 6.42 Å². The van der Waals surface area contributed by atoms with Crippen molar-refractivity contribution in [3.8, 4) is 0 Å². The number of ether oxygens (including phenoxy) is 1. The maximum absolute atomic E-state index is 12.2. The number of allylic oxidation sites excluding steroid dienone is 1. The molecule has 0 aromatic heterocycles. The minimum atomic E-state index is -0.0861. The van der Waals surface area contributed by atoms with Gasteiger partial charge in [0.25, 0.3) is 0 Å². The zero-order chi connectivity index (χ0) is 12.8. The van der Waals surface area contributed by atoms with Crippen LogP contribution in [0.15, 0.2) is 29.2 Å². The van der Waals surface area contributed by atoms with Gasteiger partial charge in [-0.25, -0.2) is 9.79 Å². The van der Waals surface area contributed by atoms with Gasteiger partial charge in [-0.2, -0.15) is 0 Å². The molecule has 2 fully saturated rings. The third kappa shape index (κ3) is 1.83. The summed E-state index contributed by atoms with van der Waals surface area (Å²) in [7, 11) is 0. The standard InChI is InChI=1S/C13H16N4O2/c18-13(15-11-6-16-3-1-9(11)5-16)17-4-2-10-12(7-17)19-8-14-10/h2,4,7,9,11H,1,3,5-6,8H2,(H,15,18)/t9-,11+/m0/s1. The Morgan fingerprint density at radius 3 is 3.21 bits per heavy atom. The van der Waals surface area contributed by atoms with Crippen LogP contribution in [0.25, 0.3) is 0 Å². The Hall–Kier alpha value is -1.82. The van der Waals surface area contributed by atoms with Gasteiger partial charge in [0.2, 0.25) is 0 Å². The van der Waals surface area contributed by atoms with Crippen LogP contribution in [0, 0.1) is 5.92 Å². The van der Waals surface area contributed by atoms with Gasteiger partial charge in [0.15, 0.2) is 12.5 Å². The van der Waals surface area contributed by atoms with Crippen LogP contribution in [0.5, 0.6) is 0 Å². The molecular formula is C13H16N4O2. The molecule has 4 heterocycles. The van der Waals surface area contributed by atoms with Gasteiger partial charge in [-0.1, -0.05) is 0 Å². The molecule has 4 aliphatic heterocycles. The van der Waals surface area contributed by atoms with E-state index in [4.69, 9.17) is 4.74 Å². The summed E-state index contributed by atoms with van der Waals surface area (Å²) in [6.07, 6.45) is 6.45. The van der Waals surface area contributed by atoms with E-state index in [0.717, 1.165) is 18.8 Å². The zero-order valence-corrected chi connectivity index (χ0v) is 10.6. The summed E-state index contributed by atoms with van der Waals surface area (Å²) in [6, 6.07) is 0.199. The highest BCUT2D eigenvalue weighted by Crippen LogP contribution is 2.28. The van der Waals surface area contributed by atoms with Crippen molar-refractivity contribution in [2.45, 2.75) is 12.5 Å². The lowest BCUT2D eigenvalue weighted by atomic mass is 10.0. The smallest absolute Gasteiger partial charge is 0.325 e. The number of nitrogens with one attached hydrogen (secondary N) is 1. The van der Waals surface area contributed by atoms with Crippen LogP contribution >= 0.6 is 0 Å². The first-order chi connectivity index (χ1) is 9.29. The molecule has 0 saturated carbocycles. The summed E-state index contributed by atoms with van der Waals surface area (Å²) in [5.41, 5.74) is 0.815. The van der Waals surface area contributed by atoms with E-state index in [-0.39, 0.29) is 12.1 Å². The van der Waals surface area contributed by atoms with Crippen molar-refractivity contribution in [1.29, 1.82) is 0 Å². The van der Waals surface area contributed by atoms with Crippen LogP contribution < -0.4 is 5.32 Å². The zero-order valence-electron chi connectivity index (χ0n) is 10.6. The Bertz CT molecular complexity index is 511.